The van der Waals surface area contributed by atoms with Gasteiger partial charge in [0.05, 0.1) is 28.7 Å². The number of aliphatic hydroxyl groups excluding tert-OH is 1. The van der Waals surface area contributed by atoms with E-state index in [0.717, 1.165) is 48.7 Å². The summed E-state index contributed by atoms with van der Waals surface area (Å²) >= 11 is 0. The number of ether oxygens (including phenoxy) is 3. The lowest BCUT2D eigenvalue weighted by molar-refractivity contribution is -0.161. The van der Waals surface area contributed by atoms with E-state index in [-0.39, 0.29) is 30.3 Å². The Balaban J connectivity index is 1.41. The van der Waals surface area contributed by atoms with E-state index >= 15 is 0 Å². The lowest BCUT2D eigenvalue weighted by Crippen LogP contribution is -2.44. The summed E-state index contributed by atoms with van der Waals surface area (Å²) in [5.74, 6) is -0.250. The Hall–Kier alpha value is -2.88. The fourth-order valence-electron chi connectivity index (χ4n) is 6.97. The first kappa shape index (κ1) is 33.5. The summed E-state index contributed by atoms with van der Waals surface area (Å²) < 4.78 is 20.2. The molecule has 0 radical (unpaired) electrons. The molecule has 5 rings (SSSR count). The number of rotatable bonds is 11. The predicted molar refractivity (Wildman–Crippen MR) is 176 cm³/mol. The van der Waals surface area contributed by atoms with Crippen molar-refractivity contribution in [1.82, 2.24) is 14.5 Å². The third-order valence-corrected chi connectivity index (χ3v) is 10.9. The minimum Gasteiger partial charge on any atom is -0.387 e. The summed E-state index contributed by atoms with van der Waals surface area (Å²) in [6.07, 6.45) is 7.89. The number of carbonyl (C=O) groups is 1. The Morgan fingerprint density at radius 2 is 1.98 bits per heavy atom. The summed E-state index contributed by atoms with van der Waals surface area (Å²) in [5.41, 5.74) is 2.17. The highest BCUT2D eigenvalue weighted by molar-refractivity contribution is 6.76. The summed E-state index contributed by atoms with van der Waals surface area (Å²) in [7, 11) is -1.27. The van der Waals surface area contributed by atoms with Gasteiger partial charge < -0.3 is 29.2 Å². The average Bonchev–Trinajstić information content (AvgIpc) is 3.45. The van der Waals surface area contributed by atoms with Crippen LogP contribution in [0.4, 0.5) is 5.69 Å². The molecule has 5 atom stereocenters. The largest absolute Gasteiger partial charge is 0.387 e. The second-order valence-electron chi connectivity index (χ2n) is 14.8. The number of amides is 1. The standard InChI is InChI=1S/C34H49N5O5Si/c1-22(2)43-30-29(40)33(3)17-24(18-34(30,4)44-33)26-13-14-27(28(37-26)23-11-9-8-10-12-23)38-32(41)31-36-25(19-35)20-39(31)21-42-15-16-45(5,6)7/h11,13-14,20,22,24,29-30,40H,8-10,12,15-18,21H2,1-7H3,(H,38,41)/t24?,29-,30+,33+,34-/m1/s1. The summed E-state index contributed by atoms with van der Waals surface area (Å²) in [5, 5.41) is 23.9. The number of carbonyl (C=O) groups excluding carboxylic acids is 1. The number of allylic oxidation sites excluding steroid dienone is 2. The Bertz CT molecular complexity index is 1480. The van der Waals surface area contributed by atoms with Crippen LogP contribution in [0.3, 0.4) is 0 Å². The molecule has 1 aliphatic carbocycles. The van der Waals surface area contributed by atoms with E-state index in [4.69, 9.17) is 19.2 Å². The molecule has 2 bridgehead atoms. The highest BCUT2D eigenvalue weighted by atomic mass is 28.3. The smallest absolute Gasteiger partial charge is 0.291 e. The van der Waals surface area contributed by atoms with Crippen LogP contribution >= 0.6 is 0 Å². The number of pyridine rings is 1. The maximum Gasteiger partial charge on any atom is 0.291 e. The number of imidazole rings is 1. The van der Waals surface area contributed by atoms with Crippen LogP contribution in [-0.4, -0.2) is 69.7 Å². The topological polar surface area (TPSA) is 132 Å². The third-order valence-electron chi connectivity index (χ3n) is 9.20. The normalized spacial score (nSPS) is 28.2. The quantitative estimate of drug-likeness (QED) is 0.219. The number of aromatic nitrogens is 3. The molecule has 0 aromatic carbocycles. The number of nitrogens with zero attached hydrogens (tertiary/aromatic N) is 4. The fraction of sp³-hybridized carbons (Fsp3) is 0.647. The highest BCUT2D eigenvalue weighted by Crippen LogP contribution is 2.54. The first-order valence-corrected chi connectivity index (χ1v) is 20.0. The van der Waals surface area contributed by atoms with Gasteiger partial charge in [-0.3, -0.25) is 9.78 Å². The van der Waals surface area contributed by atoms with Gasteiger partial charge in [0.15, 0.2) is 5.69 Å². The highest BCUT2D eigenvalue weighted by Gasteiger charge is 2.63. The first-order valence-electron chi connectivity index (χ1n) is 16.3. The van der Waals surface area contributed by atoms with Crippen molar-refractivity contribution in [1.29, 1.82) is 5.26 Å². The third kappa shape index (κ3) is 7.41. The van der Waals surface area contributed by atoms with Crippen molar-refractivity contribution >= 4 is 25.2 Å². The Morgan fingerprint density at radius 1 is 1.22 bits per heavy atom. The minimum absolute atomic E-state index is 0.0334. The number of hydrogen-bond donors (Lipinski definition) is 2. The van der Waals surface area contributed by atoms with Crippen LogP contribution in [-0.2, 0) is 20.9 Å². The molecule has 2 N–H and O–H groups in total. The van der Waals surface area contributed by atoms with Gasteiger partial charge in [0.2, 0.25) is 5.82 Å². The van der Waals surface area contributed by atoms with Gasteiger partial charge in [0.1, 0.15) is 25.0 Å². The first-order chi connectivity index (χ1) is 21.2. The molecule has 11 heteroatoms. The number of nitriles is 1. The van der Waals surface area contributed by atoms with Crippen molar-refractivity contribution in [3.8, 4) is 6.07 Å². The lowest BCUT2D eigenvalue weighted by Gasteiger charge is -2.41. The van der Waals surface area contributed by atoms with Crippen molar-refractivity contribution in [2.75, 3.05) is 11.9 Å². The van der Waals surface area contributed by atoms with Gasteiger partial charge in [-0.05, 0) is 90.0 Å². The zero-order chi connectivity index (χ0) is 32.6. The molecule has 2 aromatic rings. The van der Waals surface area contributed by atoms with Crippen molar-refractivity contribution in [2.24, 2.45) is 0 Å². The van der Waals surface area contributed by atoms with Gasteiger partial charge in [-0.1, -0.05) is 25.7 Å². The molecule has 3 aliphatic rings. The zero-order valence-corrected chi connectivity index (χ0v) is 28.9. The van der Waals surface area contributed by atoms with Gasteiger partial charge in [-0.15, -0.1) is 0 Å². The number of anilines is 1. The van der Waals surface area contributed by atoms with Crippen LogP contribution in [0, 0.1) is 11.3 Å². The molecule has 45 heavy (non-hydrogen) atoms. The number of aliphatic hydroxyl groups is 1. The molecule has 244 valence electrons. The van der Waals surface area contributed by atoms with E-state index in [1.807, 2.05) is 45.9 Å². The van der Waals surface area contributed by atoms with Gasteiger partial charge in [0.25, 0.3) is 5.91 Å². The molecule has 0 saturated carbocycles. The maximum atomic E-state index is 13.7. The molecule has 2 saturated heterocycles. The van der Waals surface area contributed by atoms with Crippen LogP contribution in [0.1, 0.15) is 99.8 Å². The number of nitrogens with one attached hydrogen (secondary N) is 1. The Morgan fingerprint density at radius 3 is 2.64 bits per heavy atom. The van der Waals surface area contributed by atoms with Crippen LogP contribution in [0.2, 0.25) is 25.7 Å². The molecule has 10 nitrogen and oxygen atoms in total. The van der Waals surface area contributed by atoms with E-state index in [1.54, 1.807) is 10.8 Å². The second-order valence-corrected chi connectivity index (χ2v) is 20.4. The molecule has 2 aliphatic heterocycles. The Kier molecular flexibility index (Phi) is 9.73. The fourth-order valence-corrected chi connectivity index (χ4v) is 7.72. The van der Waals surface area contributed by atoms with E-state index < -0.39 is 37.4 Å². The SMILES string of the molecule is CC(C)O[C@H]1[C@@H](O)[C@]2(C)CC(c3ccc(NC(=O)c4nc(C#N)cn4COCC[Si](C)(C)C)c(C4=CCCCC4)n3)C[C@@]1(C)O2. The van der Waals surface area contributed by atoms with Crippen molar-refractivity contribution in [2.45, 2.75) is 134 Å². The Labute approximate surface area is 268 Å². The second kappa shape index (κ2) is 13.1. The molecular formula is C34H49N5O5Si. The average molecular weight is 636 g/mol. The van der Waals surface area contributed by atoms with Crippen LogP contribution in [0.25, 0.3) is 5.57 Å². The molecule has 4 heterocycles. The van der Waals surface area contributed by atoms with Crippen molar-refractivity contribution < 1.29 is 24.1 Å². The molecule has 0 spiro atoms. The van der Waals surface area contributed by atoms with Gasteiger partial charge in [0, 0.05) is 32.5 Å². The van der Waals surface area contributed by atoms with Gasteiger partial charge in [-0.2, -0.15) is 5.26 Å². The lowest BCUT2D eigenvalue weighted by atomic mass is 9.82. The van der Waals surface area contributed by atoms with Gasteiger partial charge >= 0.3 is 0 Å². The zero-order valence-electron chi connectivity index (χ0n) is 27.9. The molecule has 2 aromatic heterocycles. The van der Waals surface area contributed by atoms with E-state index in [0.29, 0.717) is 25.1 Å². The van der Waals surface area contributed by atoms with Crippen molar-refractivity contribution in [3.63, 3.8) is 0 Å². The summed E-state index contributed by atoms with van der Waals surface area (Å²) in [6.45, 7) is 15.5. The minimum atomic E-state index is -1.27. The van der Waals surface area contributed by atoms with Crippen LogP contribution in [0.15, 0.2) is 24.4 Å². The molecule has 1 amide bonds. The molecule has 2 fully saturated rings. The van der Waals surface area contributed by atoms with Crippen LogP contribution < -0.4 is 5.32 Å². The van der Waals surface area contributed by atoms with Crippen molar-refractivity contribution in [3.05, 3.63) is 47.3 Å². The summed E-state index contributed by atoms with van der Waals surface area (Å²) in [4.78, 5) is 23.2. The van der Waals surface area contributed by atoms with E-state index in [1.165, 1.54) is 0 Å². The number of fused-ring (bicyclic) bond motifs is 2. The number of hydrogen-bond acceptors (Lipinski definition) is 8. The molecule has 1 unspecified atom stereocenters. The van der Waals surface area contributed by atoms with E-state index in [9.17, 15) is 15.2 Å². The molecular weight excluding hydrogens is 586 g/mol. The monoisotopic (exact) mass is 635 g/mol. The van der Waals surface area contributed by atoms with E-state index in [2.05, 4.69) is 36.0 Å². The predicted octanol–water partition coefficient (Wildman–Crippen LogP) is 6.25. The summed E-state index contributed by atoms with van der Waals surface area (Å²) in [6, 6.07) is 6.94. The van der Waals surface area contributed by atoms with Gasteiger partial charge in [-0.25, -0.2) is 4.98 Å². The maximum absolute atomic E-state index is 13.7. The van der Waals surface area contributed by atoms with Crippen LogP contribution in [0.5, 0.6) is 0 Å².